The zero-order chi connectivity index (χ0) is 18.3. The van der Waals surface area contributed by atoms with Gasteiger partial charge in [-0.3, -0.25) is 4.55 Å². The summed E-state index contributed by atoms with van der Waals surface area (Å²) in [6.45, 7) is 0.555. The van der Waals surface area contributed by atoms with Crippen molar-refractivity contribution >= 4 is 38.7 Å². The summed E-state index contributed by atoms with van der Waals surface area (Å²) in [6.07, 6.45) is 1.09. The standard InChI is InChI=1S/C17H14ClN3O4S/c18-13-7-6-12-14(20-25-26(22,23)24)8-9-21-15(19-16(13)17(12)21)10-11-4-2-1-3-5-11/h1-7H,8-10H2,(H,22,23,24)/b20-14-. The van der Waals surface area contributed by atoms with Crippen molar-refractivity contribution < 1.29 is 17.3 Å². The average Bonchev–Trinajstić information content (AvgIpc) is 2.97. The Morgan fingerprint density at radius 1 is 1.23 bits per heavy atom. The molecule has 0 bridgehead atoms. The van der Waals surface area contributed by atoms with Crippen LogP contribution in [0.4, 0.5) is 0 Å². The number of hydrogen-bond acceptors (Lipinski definition) is 5. The number of benzene rings is 2. The van der Waals surface area contributed by atoms with Crippen LogP contribution in [-0.2, 0) is 27.6 Å². The van der Waals surface area contributed by atoms with Crippen LogP contribution in [0, 0.1) is 0 Å². The normalized spacial score (nSPS) is 15.5. The molecule has 0 aliphatic carbocycles. The second-order valence-electron chi connectivity index (χ2n) is 5.92. The molecular formula is C17H14ClN3O4S. The van der Waals surface area contributed by atoms with Gasteiger partial charge in [-0.15, -0.1) is 0 Å². The molecule has 9 heteroatoms. The van der Waals surface area contributed by atoms with Crippen molar-refractivity contribution in [2.24, 2.45) is 5.16 Å². The Kier molecular flexibility index (Phi) is 4.18. The number of aryl methyl sites for hydroxylation is 1. The lowest BCUT2D eigenvalue weighted by atomic mass is 10.0. The van der Waals surface area contributed by atoms with Gasteiger partial charge < -0.3 is 4.57 Å². The molecule has 0 saturated heterocycles. The lowest BCUT2D eigenvalue weighted by Crippen LogP contribution is -2.18. The first kappa shape index (κ1) is 17.0. The van der Waals surface area contributed by atoms with E-state index in [1.54, 1.807) is 12.1 Å². The number of halogens is 1. The first-order valence-electron chi connectivity index (χ1n) is 7.87. The highest BCUT2D eigenvalue weighted by atomic mass is 35.5. The van der Waals surface area contributed by atoms with Gasteiger partial charge in [-0.1, -0.05) is 47.1 Å². The van der Waals surface area contributed by atoms with Gasteiger partial charge in [0.2, 0.25) is 0 Å². The highest BCUT2D eigenvalue weighted by molar-refractivity contribution is 7.80. The summed E-state index contributed by atoms with van der Waals surface area (Å²) in [5.74, 6) is 0.871. The predicted octanol–water partition coefficient (Wildman–Crippen LogP) is 3.21. The second kappa shape index (κ2) is 6.39. The minimum atomic E-state index is -4.65. The lowest BCUT2D eigenvalue weighted by molar-refractivity contribution is 0.281. The van der Waals surface area contributed by atoms with Crippen molar-refractivity contribution in [3.63, 3.8) is 0 Å². The molecule has 0 fully saturated rings. The van der Waals surface area contributed by atoms with E-state index in [2.05, 4.69) is 14.0 Å². The van der Waals surface area contributed by atoms with E-state index in [1.165, 1.54) is 0 Å². The number of aromatic nitrogens is 2. The van der Waals surface area contributed by atoms with E-state index in [0.717, 1.165) is 16.9 Å². The Morgan fingerprint density at radius 2 is 2.00 bits per heavy atom. The van der Waals surface area contributed by atoms with Crippen LogP contribution in [0.3, 0.4) is 0 Å². The molecular weight excluding hydrogens is 378 g/mol. The third-order valence-corrected chi connectivity index (χ3v) is 4.82. The fourth-order valence-corrected chi connectivity index (χ4v) is 3.56. The van der Waals surface area contributed by atoms with Crippen LogP contribution in [-0.4, -0.2) is 28.2 Å². The molecule has 0 atom stereocenters. The maximum atomic E-state index is 10.8. The fourth-order valence-electron chi connectivity index (χ4n) is 3.18. The second-order valence-corrected chi connectivity index (χ2v) is 7.34. The van der Waals surface area contributed by atoms with Gasteiger partial charge in [0.1, 0.15) is 11.3 Å². The molecule has 7 nitrogen and oxygen atoms in total. The van der Waals surface area contributed by atoms with Gasteiger partial charge in [0.15, 0.2) is 0 Å². The quantitative estimate of drug-likeness (QED) is 0.544. The molecule has 0 saturated carbocycles. The average molecular weight is 392 g/mol. The third kappa shape index (κ3) is 3.18. The van der Waals surface area contributed by atoms with Crippen LogP contribution >= 0.6 is 11.6 Å². The zero-order valence-corrected chi connectivity index (χ0v) is 15.0. The lowest BCUT2D eigenvalue weighted by Gasteiger charge is -2.18. The molecule has 134 valence electrons. The summed E-state index contributed by atoms with van der Waals surface area (Å²) >= 11 is 6.31. The molecule has 2 heterocycles. The summed E-state index contributed by atoms with van der Waals surface area (Å²) in [5, 5.41) is 4.10. The summed E-state index contributed by atoms with van der Waals surface area (Å²) in [4.78, 5) is 4.69. The highest BCUT2D eigenvalue weighted by Gasteiger charge is 2.24. The van der Waals surface area contributed by atoms with Gasteiger partial charge in [-0.2, -0.15) is 8.42 Å². The molecule has 0 amide bonds. The Hall–Kier alpha value is -2.42. The maximum absolute atomic E-state index is 10.8. The smallest absolute Gasteiger partial charge is 0.327 e. The zero-order valence-electron chi connectivity index (χ0n) is 13.5. The molecule has 2 aromatic carbocycles. The molecule has 0 spiro atoms. The Morgan fingerprint density at radius 3 is 2.73 bits per heavy atom. The fraction of sp³-hybridized carbons (Fsp3) is 0.176. The summed E-state index contributed by atoms with van der Waals surface area (Å²) in [6, 6.07) is 13.4. The van der Waals surface area contributed by atoms with Crippen LogP contribution < -0.4 is 0 Å². The van der Waals surface area contributed by atoms with Gasteiger partial charge in [0.05, 0.1) is 16.3 Å². The minimum absolute atomic E-state index is 0.419. The van der Waals surface area contributed by atoms with Gasteiger partial charge >= 0.3 is 10.4 Å². The van der Waals surface area contributed by atoms with Gasteiger partial charge in [-0.25, -0.2) is 9.27 Å². The van der Waals surface area contributed by atoms with Crippen molar-refractivity contribution in [3.05, 3.63) is 64.4 Å². The van der Waals surface area contributed by atoms with Crippen molar-refractivity contribution in [2.75, 3.05) is 0 Å². The first-order valence-corrected chi connectivity index (χ1v) is 9.61. The monoisotopic (exact) mass is 391 g/mol. The Bertz CT molecular complexity index is 1120. The molecule has 1 aromatic heterocycles. The van der Waals surface area contributed by atoms with E-state index in [9.17, 15) is 8.42 Å². The van der Waals surface area contributed by atoms with Gasteiger partial charge in [0.25, 0.3) is 0 Å². The van der Waals surface area contributed by atoms with Gasteiger partial charge in [-0.05, 0) is 17.7 Å². The maximum Gasteiger partial charge on any atom is 0.466 e. The van der Waals surface area contributed by atoms with Crippen molar-refractivity contribution in [2.45, 2.75) is 19.4 Å². The minimum Gasteiger partial charge on any atom is -0.327 e. The van der Waals surface area contributed by atoms with E-state index < -0.39 is 10.4 Å². The molecule has 3 aromatic rings. The Labute approximate surface area is 154 Å². The van der Waals surface area contributed by atoms with Crippen molar-refractivity contribution in [3.8, 4) is 0 Å². The molecule has 0 radical (unpaired) electrons. The first-order chi connectivity index (χ1) is 12.4. The van der Waals surface area contributed by atoms with Gasteiger partial charge in [0, 0.05) is 24.9 Å². The van der Waals surface area contributed by atoms with Crippen molar-refractivity contribution in [1.29, 1.82) is 0 Å². The molecule has 1 aliphatic heterocycles. The van der Waals surface area contributed by atoms with Crippen LogP contribution in [0.25, 0.3) is 11.0 Å². The van der Waals surface area contributed by atoms with Crippen LogP contribution in [0.5, 0.6) is 0 Å². The van der Waals surface area contributed by atoms with E-state index in [-0.39, 0.29) is 0 Å². The summed E-state index contributed by atoms with van der Waals surface area (Å²) < 4.78 is 36.6. The van der Waals surface area contributed by atoms with Crippen LogP contribution in [0.2, 0.25) is 5.02 Å². The third-order valence-electron chi connectivity index (χ3n) is 4.25. The van der Waals surface area contributed by atoms with Crippen LogP contribution in [0.15, 0.2) is 47.6 Å². The number of oxime groups is 1. The van der Waals surface area contributed by atoms with Crippen LogP contribution in [0.1, 0.15) is 23.4 Å². The number of hydrogen-bond donors (Lipinski definition) is 1. The highest BCUT2D eigenvalue weighted by Crippen LogP contribution is 2.32. The van der Waals surface area contributed by atoms with E-state index >= 15 is 0 Å². The number of imidazole rings is 1. The van der Waals surface area contributed by atoms with E-state index in [1.807, 2.05) is 30.3 Å². The molecule has 4 rings (SSSR count). The topological polar surface area (TPSA) is 93.8 Å². The predicted molar refractivity (Wildman–Crippen MR) is 97.8 cm³/mol. The summed E-state index contributed by atoms with van der Waals surface area (Å²) in [7, 11) is -4.65. The molecule has 26 heavy (non-hydrogen) atoms. The van der Waals surface area contributed by atoms with E-state index in [0.29, 0.717) is 41.2 Å². The van der Waals surface area contributed by atoms with Crippen molar-refractivity contribution in [1.82, 2.24) is 9.55 Å². The SMILES string of the molecule is O=S(=O)(O)O/N=C1/CCn2c(Cc3ccccc3)nc3c(Cl)ccc1c32. The number of rotatable bonds is 4. The molecule has 1 N–H and O–H groups in total. The summed E-state index contributed by atoms with van der Waals surface area (Å²) in [5.41, 5.74) is 3.65. The van der Waals surface area contributed by atoms with E-state index in [4.69, 9.17) is 21.1 Å². The molecule has 1 aliphatic rings. The largest absolute Gasteiger partial charge is 0.466 e. The molecule has 0 unspecified atom stereocenters. The Balaban J connectivity index is 1.83. The number of nitrogens with zero attached hydrogens (tertiary/aromatic N) is 3.